The predicted octanol–water partition coefficient (Wildman–Crippen LogP) is 5.57. The highest BCUT2D eigenvalue weighted by molar-refractivity contribution is 5.48. The van der Waals surface area contributed by atoms with Gasteiger partial charge in [-0.05, 0) is 69.6 Å². The molecule has 0 aliphatic rings. The van der Waals surface area contributed by atoms with Gasteiger partial charge in [0.1, 0.15) is 17.8 Å². The largest absolute Gasteiger partial charge is 0.497 e. The average molecular weight is 370 g/mol. The van der Waals surface area contributed by atoms with Crippen molar-refractivity contribution in [1.29, 1.82) is 5.26 Å². The molecule has 0 saturated heterocycles. The second kappa shape index (κ2) is 13.6. The summed E-state index contributed by atoms with van der Waals surface area (Å²) >= 11 is 0. The van der Waals surface area contributed by atoms with E-state index in [2.05, 4.69) is 19.1 Å². The maximum atomic E-state index is 10.3. The first kappa shape index (κ1) is 22.5. The number of nitriles is 1. The number of rotatable bonds is 13. The number of hydrogen-bond donors (Lipinski definition) is 0. The van der Waals surface area contributed by atoms with Crippen LogP contribution >= 0.6 is 0 Å². The molecule has 0 fully saturated rings. The van der Waals surface area contributed by atoms with Crippen LogP contribution in [0, 0.1) is 11.3 Å². The third kappa shape index (κ3) is 9.65. The van der Waals surface area contributed by atoms with Crippen molar-refractivity contribution in [1.82, 2.24) is 0 Å². The molecule has 0 aliphatic heterocycles. The molecule has 27 heavy (non-hydrogen) atoms. The van der Waals surface area contributed by atoms with Gasteiger partial charge in [0, 0.05) is 18.1 Å². The Morgan fingerprint density at radius 3 is 2.30 bits per heavy atom. The minimum absolute atomic E-state index is 0.647. The number of allylic oxidation sites excluding steroid dienone is 4. The van der Waals surface area contributed by atoms with Gasteiger partial charge in [-0.15, -0.1) is 0 Å². The first-order valence-electron chi connectivity index (χ1n) is 9.53. The van der Waals surface area contributed by atoms with Crippen LogP contribution in [0.4, 0.5) is 0 Å². The van der Waals surface area contributed by atoms with Crippen LogP contribution in [-0.2, 0) is 11.2 Å². The fourth-order valence-corrected chi connectivity index (χ4v) is 2.84. The molecule has 0 amide bonds. The number of methoxy groups -OCH3 is 2. The molecule has 0 atom stereocenters. The topological polar surface area (TPSA) is 59.3 Å². The van der Waals surface area contributed by atoms with Crippen molar-refractivity contribution in [3.8, 4) is 17.6 Å². The molecule has 1 rings (SSSR count). The quantitative estimate of drug-likeness (QED) is 0.197. The summed E-state index contributed by atoms with van der Waals surface area (Å²) in [5.74, 6) is 1.56. The summed E-state index contributed by atoms with van der Waals surface area (Å²) in [4.78, 5) is 10.3. The standard InChI is InChI=1S/C23H31NO3/c1-19(9-5-4-6-14-25)10-7-11-20(18-24)12-8-13-21-15-22(26-2)17-23(16-21)27-3/h10,12,14-17H,4-9,11,13H2,1-3H3/b19-10+,20-12-. The number of aryl methyl sites for hydroxylation is 1. The van der Waals surface area contributed by atoms with E-state index >= 15 is 0 Å². The fourth-order valence-electron chi connectivity index (χ4n) is 2.84. The Morgan fingerprint density at radius 1 is 1.00 bits per heavy atom. The van der Waals surface area contributed by atoms with Crippen LogP contribution in [0.2, 0.25) is 0 Å². The Morgan fingerprint density at radius 2 is 1.70 bits per heavy atom. The molecule has 4 heteroatoms. The molecule has 0 radical (unpaired) electrons. The van der Waals surface area contributed by atoms with E-state index in [0.717, 1.165) is 73.9 Å². The molecule has 0 heterocycles. The van der Waals surface area contributed by atoms with Crippen molar-refractivity contribution < 1.29 is 14.3 Å². The van der Waals surface area contributed by atoms with Crippen molar-refractivity contribution in [3.63, 3.8) is 0 Å². The molecular weight excluding hydrogens is 338 g/mol. The molecule has 1 aromatic rings. The Labute approximate surface area is 163 Å². The molecule has 1 aromatic carbocycles. The van der Waals surface area contributed by atoms with Crippen molar-refractivity contribution in [2.75, 3.05) is 14.2 Å². The highest BCUT2D eigenvalue weighted by Gasteiger charge is 2.02. The number of hydrogen-bond acceptors (Lipinski definition) is 4. The van der Waals surface area contributed by atoms with Crippen LogP contribution in [0.25, 0.3) is 0 Å². The van der Waals surface area contributed by atoms with Gasteiger partial charge in [-0.1, -0.05) is 17.7 Å². The summed E-state index contributed by atoms with van der Waals surface area (Å²) < 4.78 is 10.6. The normalized spacial score (nSPS) is 11.8. The van der Waals surface area contributed by atoms with Crippen LogP contribution < -0.4 is 9.47 Å². The van der Waals surface area contributed by atoms with E-state index in [4.69, 9.17) is 9.47 Å². The highest BCUT2D eigenvalue weighted by Crippen LogP contribution is 2.23. The summed E-state index contributed by atoms with van der Waals surface area (Å²) in [6.07, 6.45) is 12.2. The number of benzene rings is 1. The molecule has 146 valence electrons. The average Bonchev–Trinajstić information content (AvgIpc) is 2.69. The molecule has 4 nitrogen and oxygen atoms in total. The van der Waals surface area contributed by atoms with E-state index in [1.54, 1.807) is 14.2 Å². The zero-order valence-electron chi connectivity index (χ0n) is 16.8. The minimum atomic E-state index is 0.647. The van der Waals surface area contributed by atoms with Gasteiger partial charge < -0.3 is 14.3 Å². The van der Waals surface area contributed by atoms with Crippen LogP contribution in [0.15, 0.2) is 41.5 Å². The number of aldehydes is 1. The zero-order valence-corrected chi connectivity index (χ0v) is 16.8. The Bertz CT molecular complexity index is 661. The van der Waals surface area contributed by atoms with Crippen molar-refractivity contribution in [3.05, 3.63) is 47.1 Å². The lowest BCUT2D eigenvalue weighted by atomic mass is 10.0. The number of ether oxygens (including phenoxy) is 2. The van der Waals surface area contributed by atoms with E-state index in [1.807, 2.05) is 24.3 Å². The van der Waals surface area contributed by atoms with Gasteiger partial charge >= 0.3 is 0 Å². The SMILES string of the molecule is COc1cc(CC/C=C(\C#N)CC/C=C(\C)CCCCC=O)cc(OC)c1. The summed E-state index contributed by atoms with van der Waals surface area (Å²) in [7, 11) is 3.29. The molecule has 0 N–H and O–H groups in total. The predicted molar refractivity (Wildman–Crippen MR) is 109 cm³/mol. The van der Waals surface area contributed by atoms with Gasteiger partial charge in [-0.3, -0.25) is 0 Å². The van der Waals surface area contributed by atoms with E-state index in [-0.39, 0.29) is 0 Å². The van der Waals surface area contributed by atoms with Crippen molar-refractivity contribution >= 4 is 6.29 Å². The van der Waals surface area contributed by atoms with Crippen molar-refractivity contribution in [2.24, 2.45) is 0 Å². The molecule has 0 aliphatic carbocycles. The maximum Gasteiger partial charge on any atom is 0.122 e. The van der Waals surface area contributed by atoms with Gasteiger partial charge in [0.2, 0.25) is 0 Å². The van der Waals surface area contributed by atoms with E-state index in [0.29, 0.717) is 6.42 Å². The molecular formula is C23H31NO3. The monoisotopic (exact) mass is 369 g/mol. The Hall–Kier alpha value is -2.54. The number of unbranched alkanes of at least 4 members (excludes halogenated alkanes) is 2. The zero-order chi connectivity index (χ0) is 19.9. The smallest absolute Gasteiger partial charge is 0.122 e. The highest BCUT2D eigenvalue weighted by atomic mass is 16.5. The van der Waals surface area contributed by atoms with Crippen LogP contribution in [0.5, 0.6) is 11.5 Å². The van der Waals surface area contributed by atoms with Crippen LogP contribution in [-0.4, -0.2) is 20.5 Å². The molecule has 0 bridgehead atoms. The fraction of sp³-hybridized carbons (Fsp3) is 0.478. The molecule has 0 aromatic heterocycles. The van der Waals surface area contributed by atoms with Crippen LogP contribution in [0.1, 0.15) is 57.4 Å². The second-order valence-electron chi connectivity index (χ2n) is 6.60. The third-order valence-corrected chi connectivity index (χ3v) is 4.43. The van der Waals surface area contributed by atoms with Gasteiger partial charge in [-0.2, -0.15) is 5.26 Å². The number of carbonyl (C=O) groups is 1. The Balaban J connectivity index is 2.47. The van der Waals surface area contributed by atoms with E-state index in [1.165, 1.54) is 5.57 Å². The second-order valence-corrected chi connectivity index (χ2v) is 6.60. The lowest BCUT2D eigenvalue weighted by molar-refractivity contribution is -0.107. The van der Waals surface area contributed by atoms with Crippen LogP contribution in [0.3, 0.4) is 0 Å². The summed E-state index contributed by atoms with van der Waals surface area (Å²) in [6, 6.07) is 8.16. The van der Waals surface area contributed by atoms with E-state index in [9.17, 15) is 10.1 Å². The number of carbonyl (C=O) groups excluding carboxylic acids is 1. The summed E-state index contributed by atoms with van der Waals surface area (Å²) in [6.45, 7) is 2.12. The first-order valence-corrected chi connectivity index (χ1v) is 9.53. The van der Waals surface area contributed by atoms with Gasteiger partial charge in [0.15, 0.2) is 0 Å². The lowest BCUT2D eigenvalue weighted by Gasteiger charge is -2.07. The van der Waals surface area contributed by atoms with E-state index < -0.39 is 0 Å². The van der Waals surface area contributed by atoms with Gasteiger partial charge in [-0.25, -0.2) is 0 Å². The number of nitrogens with zero attached hydrogens (tertiary/aromatic N) is 1. The molecule has 0 unspecified atom stereocenters. The summed E-state index contributed by atoms with van der Waals surface area (Å²) in [5.41, 5.74) is 3.29. The lowest BCUT2D eigenvalue weighted by Crippen LogP contribution is -1.91. The molecule has 0 saturated carbocycles. The van der Waals surface area contributed by atoms with Crippen molar-refractivity contribution in [2.45, 2.75) is 58.3 Å². The molecule has 0 spiro atoms. The minimum Gasteiger partial charge on any atom is -0.497 e. The third-order valence-electron chi connectivity index (χ3n) is 4.43. The Kier molecular flexibility index (Phi) is 11.4. The maximum absolute atomic E-state index is 10.3. The first-order chi connectivity index (χ1) is 13.1. The van der Waals surface area contributed by atoms with Gasteiger partial charge in [0.25, 0.3) is 0 Å². The summed E-state index contributed by atoms with van der Waals surface area (Å²) in [5, 5.41) is 9.34. The van der Waals surface area contributed by atoms with Gasteiger partial charge in [0.05, 0.1) is 20.3 Å².